The van der Waals surface area contributed by atoms with E-state index in [1.54, 1.807) is 0 Å². The Balaban J connectivity index is 1.59. The van der Waals surface area contributed by atoms with E-state index in [0.29, 0.717) is 0 Å². The number of halogens is 3. The first-order valence-electron chi connectivity index (χ1n) is 8.26. The molecule has 0 aliphatic carbocycles. The maximum Gasteiger partial charge on any atom is 0.416 e. The van der Waals surface area contributed by atoms with Crippen molar-refractivity contribution >= 4 is 11.6 Å². The number of carbonyl (C=O) groups is 1. The Morgan fingerprint density at radius 1 is 1.19 bits per heavy atom. The van der Waals surface area contributed by atoms with Crippen molar-refractivity contribution in [2.24, 2.45) is 5.16 Å². The molecule has 1 aliphatic rings. The van der Waals surface area contributed by atoms with Crippen molar-refractivity contribution in [2.75, 3.05) is 6.54 Å². The Morgan fingerprint density at radius 3 is 2.56 bits per heavy atom. The van der Waals surface area contributed by atoms with Gasteiger partial charge in [-0.05, 0) is 17.2 Å². The van der Waals surface area contributed by atoms with Crippen LogP contribution in [0, 0.1) is 0 Å². The maximum absolute atomic E-state index is 13.0. The van der Waals surface area contributed by atoms with Gasteiger partial charge >= 0.3 is 6.18 Å². The van der Waals surface area contributed by atoms with Crippen LogP contribution < -0.4 is 5.32 Å². The summed E-state index contributed by atoms with van der Waals surface area (Å²) in [5.41, 5.74) is -0.238. The van der Waals surface area contributed by atoms with Crippen molar-refractivity contribution < 1.29 is 27.9 Å². The lowest BCUT2D eigenvalue weighted by atomic mass is 10.0. The van der Waals surface area contributed by atoms with Crippen LogP contribution in [0.5, 0.6) is 0 Å². The lowest BCUT2D eigenvalue weighted by Crippen LogP contribution is -2.34. The van der Waals surface area contributed by atoms with Gasteiger partial charge in [-0.15, -0.1) is 0 Å². The Morgan fingerprint density at radius 2 is 1.85 bits per heavy atom. The molecular formula is C19H17F3N2O3. The van der Waals surface area contributed by atoms with Crippen LogP contribution in [0.1, 0.15) is 35.3 Å². The first-order chi connectivity index (χ1) is 12.9. The molecule has 27 heavy (non-hydrogen) atoms. The number of alkyl halides is 3. The summed E-state index contributed by atoms with van der Waals surface area (Å²) in [4.78, 5) is 17.4. The van der Waals surface area contributed by atoms with Gasteiger partial charge in [-0.1, -0.05) is 53.7 Å². The number of aliphatic hydroxyl groups is 1. The molecular weight excluding hydrogens is 361 g/mol. The summed E-state index contributed by atoms with van der Waals surface area (Å²) in [5, 5.41) is 16.3. The molecule has 1 amide bonds. The van der Waals surface area contributed by atoms with Gasteiger partial charge in [0.1, 0.15) is 5.71 Å². The second-order valence-electron chi connectivity index (χ2n) is 6.06. The molecule has 8 heteroatoms. The molecule has 0 radical (unpaired) electrons. The molecule has 2 aromatic rings. The molecule has 0 aromatic heterocycles. The number of benzene rings is 2. The summed E-state index contributed by atoms with van der Waals surface area (Å²) in [6.07, 6.45) is -6.23. The van der Waals surface area contributed by atoms with Crippen molar-refractivity contribution in [2.45, 2.75) is 24.8 Å². The number of rotatable bonds is 5. The van der Waals surface area contributed by atoms with Crippen molar-refractivity contribution in [1.29, 1.82) is 0 Å². The highest BCUT2D eigenvalue weighted by atomic mass is 19.4. The minimum absolute atomic E-state index is 0.125. The highest BCUT2D eigenvalue weighted by Gasteiger charge is 2.35. The quantitative estimate of drug-likeness (QED) is 0.838. The average molecular weight is 378 g/mol. The Hall–Kier alpha value is -2.87. The van der Waals surface area contributed by atoms with E-state index in [1.165, 1.54) is 18.2 Å². The molecule has 1 heterocycles. The number of oxime groups is 1. The van der Waals surface area contributed by atoms with Gasteiger partial charge in [-0.3, -0.25) is 4.79 Å². The zero-order chi connectivity index (χ0) is 19.4. The average Bonchev–Trinajstić information content (AvgIpc) is 3.16. The van der Waals surface area contributed by atoms with E-state index in [1.807, 2.05) is 30.3 Å². The van der Waals surface area contributed by atoms with Gasteiger partial charge in [0.15, 0.2) is 6.10 Å². The molecule has 0 saturated heterocycles. The number of nitrogens with one attached hydrogen (secondary N) is 1. The second-order valence-corrected chi connectivity index (χ2v) is 6.06. The number of hydrogen-bond acceptors (Lipinski definition) is 4. The van der Waals surface area contributed by atoms with Crippen molar-refractivity contribution in [3.05, 3.63) is 71.3 Å². The molecule has 3 rings (SSSR count). The number of hydrogen-bond donors (Lipinski definition) is 2. The zero-order valence-electron chi connectivity index (χ0n) is 14.1. The lowest BCUT2D eigenvalue weighted by Gasteiger charge is -2.17. The smallest absolute Gasteiger partial charge is 0.387 e. The molecule has 142 valence electrons. The number of nitrogens with zero attached hydrogens (tertiary/aromatic N) is 1. The summed E-state index contributed by atoms with van der Waals surface area (Å²) in [6, 6.07) is 13.9. The molecule has 2 N–H and O–H groups in total. The van der Waals surface area contributed by atoms with Gasteiger partial charge in [0, 0.05) is 13.0 Å². The molecule has 2 aromatic carbocycles. The minimum Gasteiger partial charge on any atom is -0.387 e. The van der Waals surface area contributed by atoms with Crippen LogP contribution in [0.3, 0.4) is 0 Å². The van der Waals surface area contributed by atoms with Crippen molar-refractivity contribution in [3.63, 3.8) is 0 Å². The molecule has 0 saturated carbocycles. The van der Waals surface area contributed by atoms with Crippen LogP contribution in [-0.2, 0) is 15.8 Å². The third-order valence-electron chi connectivity index (χ3n) is 4.18. The maximum atomic E-state index is 13.0. The fourth-order valence-corrected chi connectivity index (χ4v) is 2.81. The lowest BCUT2D eigenvalue weighted by molar-refractivity contribution is -0.139. The predicted octanol–water partition coefficient (Wildman–Crippen LogP) is 3.37. The van der Waals surface area contributed by atoms with E-state index in [0.717, 1.165) is 11.6 Å². The van der Waals surface area contributed by atoms with E-state index in [9.17, 15) is 23.1 Å². The fraction of sp³-hybridized carbons (Fsp3) is 0.263. The van der Waals surface area contributed by atoms with Crippen molar-refractivity contribution in [3.8, 4) is 0 Å². The Kier molecular flexibility index (Phi) is 5.46. The molecule has 5 nitrogen and oxygen atoms in total. The summed E-state index contributed by atoms with van der Waals surface area (Å²) < 4.78 is 39.1. The van der Waals surface area contributed by atoms with Gasteiger partial charge in [-0.25, -0.2) is 0 Å². The van der Waals surface area contributed by atoms with Crippen LogP contribution in [0.15, 0.2) is 59.8 Å². The molecule has 0 bridgehead atoms. The fourth-order valence-electron chi connectivity index (χ4n) is 2.81. The normalized spacial score (nSPS) is 17.8. The summed E-state index contributed by atoms with van der Waals surface area (Å²) in [5.74, 6) is -0.586. The topological polar surface area (TPSA) is 70.9 Å². The second kappa shape index (κ2) is 7.79. The SMILES string of the molecule is O=C(NCC(O)c1ccccc1C(F)(F)F)C1=NOC(c2ccccc2)C1. The van der Waals surface area contributed by atoms with Gasteiger partial charge in [0.25, 0.3) is 5.91 Å². The van der Waals surface area contributed by atoms with Gasteiger partial charge in [-0.2, -0.15) is 13.2 Å². The first kappa shape index (κ1) is 18.9. The first-order valence-corrected chi connectivity index (χ1v) is 8.26. The van der Waals surface area contributed by atoms with E-state index in [4.69, 9.17) is 4.84 Å². The number of aliphatic hydroxyl groups excluding tert-OH is 1. The Labute approximate surface area is 153 Å². The van der Waals surface area contributed by atoms with Crippen LogP contribution in [-0.4, -0.2) is 23.3 Å². The highest BCUT2D eigenvalue weighted by Crippen LogP contribution is 2.34. The van der Waals surface area contributed by atoms with E-state index in [2.05, 4.69) is 10.5 Å². The Bertz CT molecular complexity index is 838. The highest BCUT2D eigenvalue weighted by molar-refractivity contribution is 6.39. The zero-order valence-corrected chi connectivity index (χ0v) is 14.1. The van der Waals surface area contributed by atoms with Gasteiger partial charge in [0.2, 0.25) is 0 Å². The summed E-state index contributed by atoms with van der Waals surface area (Å²) in [6.45, 7) is -0.374. The summed E-state index contributed by atoms with van der Waals surface area (Å²) in [7, 11) is 0. The monoisotopic (exact) mass is 378 g/mol. The largest absolute Gasteiger partial charge is 0.416 e. The molecule has 2 atom stereocenters. The minimum atomic E-state index is -4.59. The van der Waals surface area contributed by atoms with Crippen LogP contribution >= 0.6 is 0 Å². The third-order valence-corrected chi connectivity index (χ3v) is 4.18. The third kappa shape index (κ3) is 4.46. The number of amides is 1. The molecule has 0 spiro atoms. The van der Waals surface area contributed by atoms with E-state index in [-0.39, 0.29) is 30.3 Å². The summed E-state index contributed by atoms with van der Waals surface area (Å²) >= 11 is 0. The standard InChI is InChI=1S/C19H17F3N2O3/c20-19(21,22)14-9-5-4-8-13(14)16(25)11-23-18(26)15-10-17(27-24-15)12-6-2-1-3-7-12/h1-9,16-17,25H,10-11H2,(H,23,26). The van der Waals surface area contributed by atoms with E-state index < -0.39 is 23.8 Å². The molecule has 0 fully saturated rings. The number of carbonyl (C=O) groups excluding carboxylic acids is 1. The van der Waals surface area contributed by atoms with Crippen LogP contribution in [0.25, 0.3) is 0 Å². The predicted molar refractivity (Wildman–Crippen MR) is 91.7 cm³/mol. The molecule has 2 unspecified atom stereocenters. The van der Waals surface area contributed by atoms with Gasteiger partial charge < -0.3 is 15.3 Å². The van der Waals surface area contributed by atoms with Crippen LogP contribution in [0.2, 0.25) is 0 Å². The van der Waals surface area contributed by atoms with E-state index >= 15 is 0 Å². The van der Waals surface area contributed by atoms with Gasteiger partial charge in [0.05, 0.1) is 11.7 Å². The molecule has 1 aliphatic heterocycles. The van der Waals surface area contributed by atoms with Crippen LogP contribution in [0.4, 0.5) is 13.2 Å². The van der Waals surface area contributed by atoms with Crippen molar-refractivity contribution in [1.82, 2.24) is 5.32 Å².